The van der Waals surface area contributed by atoms with Crippen LogP contribution in [0.15, 0.2) is 0 Å². The minimum absolute atomic E-state index is 0.0158. The van der Waals surface area contributed by atoms with E-state index in [-0.39, 0.29) is 23.7 Å². The Morgan fingerprint density at radius 1 is 1.35 bits per heavy atom. The molecule has 0 fully saturated rings. The summed E-state index contributed by atoms with van der Waals surface area (Å²) in [5, 5.41) is 14.2. The van der Waals surface area contributed by atoms with Gasteiger partial charge < -0.3 is 15.7 Å². The molecule has 0 saturated heterocycles. The van der Waals surface area contributed by atoms with Gasteiger partial charge in [0.25, 0.3) is 0 Å². The van der Waals surface area contributed by atoms with E-state index in [1.165, 1.54) is 0 Å². The predicted octanol–water partition coefficient (Wildman–Crippen LogP) is -0.00648. The van der Waals surface area contributed by atoms with Gasteiger partial charge in [-0.05, 0) is 6.92 Å². The van der Waals surface area contributed by atoms with E-state index in [1.807, 2.05) is 0 Å². The number of nitrogens with zero attached hydrogens (tertiary/aromatic N) is 1. The molecule has 0 spiro atoms. The van der Waals surface area contributed by atoms with Gasteiger partial charge in [0, 0.05) is 12.8 Å². The molecule has 1 aromatic rings. The topological polar surface area (TPSA) is 125 Å². The molecular formula is C10H15N3O5S2. The maximum Gasteiger partial charge on any atom is 0.347 e. The van der Waals surface area contributed by atoms with Crippen molar-refractivity contribution in [2.75, 3.05) is 18.6 Å². The highest BCUT2D eigenvalue weighted by atomic mass is 32.2. The number of aromatic carboxylic acids is 1. The summed E-state index contributed by atoms with van der Waals surface area (Å²) in [6.07, 6.45) is 1.08. The van der Waals surface area contributed by atoms with E-state index in [2.05, 4.69) is 15.6 Å². The van der Waals surface area contributed by atoms with E-state index in [0.717, 1.165) is 17.6 Å². The largest absolute Gasteiger partial charge is 0.477 e. The Balaban J connectivity index is 2.41. The monoisotopic (exact) mass is 321 g/mol. The molecule has 0 aliphatic heterocycles. The molecule has 20 heavy (non-hydrogen) atoms. The van der Waals surface area contributed by atoms with Gasteiger partial charge in [0.1, 0.15) is 19.7 Å². The zero-order valence-electron chi connectivity index (χ0n) is 11.0. The lowest BCUT2D eigenvalue weighted by atomic mass is 10.4. The van der Waals surface area contributed by atoms with Crippen molar-refractivity contribution in [3.8, 4) is 0 Å². The minimum atomic E-state index is -3.12. The van der Waals surface area contributed by atoms with Crippen molar-refractivity contribution in [3.63, 3.8) is 0 Å². The van der Waals surface area contributed by atoms with E-state index < -0.39 is 21.8 Å². The fourth-order valence-corrected chi connectivity index (χ4v) is 2.61. The summed E-state index contributed by atoms with van der Waals surface area (Å²) in [5.41, 5.74) is 0.400. The fourth-order valence-electron chi connectivity index (χ4n) is 1.29. The van der Waals surface area contributed by atoms with Gasteiger partial charge in [-0.1, -0.05) is 0 Å². The highest BCUT2D eigenvalue weighted by molar-refractivity contribution is 7.90. The van der Waals surface area contributed by atoms with Crippen LogP contribution in [0.5, 0.6) is 0 Å². The SMILES string of the molecule is Cc1nc(CNC(=O)NCCS(C)(=O)=O)sc1C(=O)O. The first-order valence-corrected chi connectivity index (χ1v) is 8.46. The summed E-state index contributed by atoms with van der Waals surface area (Å²) in [4.78, 5) is 26.4. The van der Waals surface area contributed by atoms with Crippen LogP contribution in [0.3, 0.4) is 0 Å². The van der Waals surface area contributed by atoms with Crippen molar-refractivity contribution in [3.05, 3.63) is 15.6 Å². The molecule has 0 saturated carbocycles. The van der Waals surface area contributed by atoms with E-state index >= 15 is 0 Å². The van der Waals surface area contributed by atoms with Gasteiger partial charge in [0.15, 0.2) is 0 Å². The zero-order valence-corrected chi connectivity index (χ0v) is 12.6. The van der Waals surface area contributed by atoms with Crippen LogP contribution < -0.4 is 10.6 Å². The third-order valence-electron chi connectivity index (χ3n) is 2.19. The van der Waals surface area contributed by atoms with Gasteiger partial charge in [-0.3, -0.25) is 0 Å². The standard InChI is InChI=1S/C10H15N3O5S2/c1-6-8(9(14)15)19-7(13-6)5-12-10(16)11-3-4-20(2,17)18/h3-5H2,1-2H3,(H,14,15)(H2,11,12,16). The van der Waals surface area contributed by atoms with Crippen molar-refractivity contribution in [2.24, 2.45) is 0 Å². The number of rotatable bonds is 6. The van der Waals surface area contributed by atoms with Crippen LogP contribution in [0.25, 0.3) is 0 Å². The Labute approximate surface area is 120 Å². The lowest BCUT2D eigenvalue weighted by molar-refractivity contribution is 0.0701. The van der Waals surface area contributed by atoms with E-state index in [0.29, 0.717) is 10.7 Å². The van der Waals surface area contributed by atoms with Gasteiger partial charge >= 0.3 is 12.0 Å². The molecule has 0 aliphatic carbocycles. The van der Waals surface area contributed by atoms with Crippen LogP contribution in [0.2, 0.25) is 0 Å². The van der Waals surface area contributed by atoms with Crippen LogP contribution >= 0.6 is 11.3 Å². The van der Waals surface area contributed by atoms with E-state index in [1.54, 1.807) is 6.92 Å². The summed E-state index contributed by atoms with van der Waals surface area (Å²) >= 11 is 0.989. The van der Waals surface area contributed by atoms with Crippen molar-refractivity contribution >= 4 is 33.2 Å². The molecule has 0 bridgehead atoms. The van der Waals surface area contributed by atoms with Crippen molar-refractivity contribution in [2.45, 2.75) is 13.5 Å². The smallest absolute Gasteiger partial charge is 0.347 e. The summed E-state index contributed by atoms with van der Waals surface area (Å²) in [7, 11) is -3.12. The number of nitrogens with one attached hydrogen (secondary N) is 2. The fraction of sp³-hybridized carbons (Fsp3) is 0.500. The lowest BCUT2D eigenvalue weighted by Gasteiger charge is -2.05. The third-order valence-corrected chi connectivity index (χ3v) is 4.28. The molecule has 0 atom stereocenters. The molecule has 8 nitrogen and oxygen atoms in total. The number of thiazole rings is 1. The second kappa shape index (κ2) is 6.66. The number of urea groups is 1. The molecule has 10 heteroatoms. The number of carboxylic acids is 1. The maximum atomic E-state index is 11.4. The summed E-state index contributed by atoms with van der Waals surface area (Å²) in [5.74, 6) is -1.19. The molecule has 2 amide bonds. The Kier molecular flexibility index (Phi) is 5.45. The zero-order chi connectivity index (χ0) is 15.3. The van der Waals surface area contributed by atoms with E-state index in [4.69, 9.17) is 5.11 Å². The minimum Gasteiger partial charge on any atom is -0.477 e. The molecule has 1 aromatic heterocycles. The second-order valence-corrected chi connectivity index (χ2v) is 7.41. The molecule has 1 heterocycles. The first-order chi connectivity index (χ1) is 9.19. The van der Waals surface area contributed by atoms with Crippen molar-refractivity contribution in [1.82, 2.24) is 15.6 Å². The number of carbonyl (C=O) groups excluding carboxylic acids is 1. The predicted molar refractivity (Wildman–Crippen MR) is 73.8 cm³/mol. The quantitative estimate of drug-likeness (QED) is 0.677. The number of sulfone groups is 1. The summed E-state index contributed by atoms with van der Waals surface area (Å²) in [6, 6.07) is -0.529. The average Bonchev–Trinajstić information content (AvgIpc) is 2.66. The number of aryl methyl sites for hydroxylation is 1. The van der Waals surface area contributed by atoms with Gasteiger partial charge in [0.05, 0.1) is 18.0 Å². The van der Waals surface area contributed by atoms with E-state index in [9.17, 15) is 18.0 Å². The number of carbonyl (C=O) groups is 2. The molecule has 0 aromatic carbocycles. The molecule has 0 unspecified atom stereocenters. The number of amides is 2. The van der Waals surface area contributed by atoms with Crippen LogP contribution in [-0.2, 0) is 16.4 Å². The van der Waals surface area contributed by atoms with Crippen LogP contribution in [0, 0.1) is 6.92 Å². The van der Waals surface area contributed by atoms with Crippen molar-refractivity contribution < 1.29 is 23.1 Å². The summed E-state index contributed by atoms with van der Waals surface area (Å²) < 4.78 is 21.7. The van der Waals surface area contributed by atoms with Gasteiger partial charge in [-0.15, -0.1) is 11.3 Å². The lowest BCUT2D eigenvalue weighted by Crippen LogP contribution is -2.37. The molecule has 1 rings (SSSR count). The van der Waals surface area contributed by atoms with Gasteiger partial charge in [-0.25, -0.2) is 23.0 Å². The average molecular weight is 321 g/mol. The Hall–Kier alpha value is -1.68. The normalized spacial score (nSPS) is 11.1. The van der Waals surface area contributed by atoms with Crippen LogP contribution in [-0.4, -0.2) is 49.1 Å². The number of hydrogen-bond donors (Lipinski definition) is 3. The number of aromatic nitrogens is 1. The van der Waals surface area contributed by atoms with Crippen molar-refractivity contribution in [1.29, 1.82) is 0 Å². The molecular weight excluding hydrogens is 306 g/mol. The number of hydrogen-bond acceptors (Lipinski definition) is 6. The Morgan fingerprint density at radius 3 is 2.50 bits per heavy atom. The maximum absolute atomic E-state index is 11.4. The summed E-state index contributed by atoms with van der Waals surface area (Å²) in [6.45, 7) is 1.68. The molecule has 3 N–H and O–H groups in total. The van der Waals surface area contributed by atoms with Gasteiger partial charge in [-0.2, -0.15) is 0 Å². The Bertz CT molecular complexity index is 608. The highest BCUT2D eigenvalue weighted by Gasteiger charge is 2.14. The molecule has 0 aliphatic rings. The second-order valence-electron chi connectivity index (χ2n) is 4.07. The third kappa shape index (κ3) is 5.53. The van der Waals surface area contributed by atoms with Gasteiger partial charge in [0.2, 0.25) is 0 Å². The molecule has 0 radical (unpaired) electrons. The first kappa shape index (κ1) is 16.4. The number of carboxylic acid groups (broad SMARTS) is 1. The highest BCUT2D eigenvalue weighted by Crippen LogP contribution is 2.17. The Morgan fingerprint density at radius 2 is 2.00 bits per heavy atom. The first-order valence-electron chi connectivity index (χ1n) is 5.58. The molecule has 112 valence electrons. The van der Waals surface area contributed by atoms with Crippen LogP contribution in [0.1, 0.15) is 20.4 Å². The van der Waals surface area contributed by atoms with Crippen LogP contribution in [0.4, 0.5) is 4.79 Å².